The normalized spacial score (nSPS) is 10.2. The summed E-state index contributed by atoms with van der Waals surface area (Å²) in [6, 6.07) is 6.14. The molecular formula is C17H17F2N3O4. The lowest BCUT2D eigenvalue weighted by molar-refractivity contribution is 0.0945. The fourth-order valence-corrected chi connectivity index (χ4v) is 2.13. The number of ether oxygens (including phenoxy) is 1. The average Bonchev–Trinajstić information content (AvgIpc) is 2.58. The van der Waals surface area contributed by atoms with Gasteiger partial charge in [0.1, 0.15) is 17.4 Å². The van der Waals surface area contributed by atoms with Crippen molar-refractivity contribution in [2.24, 2.45) is 0 Å². The molecule has 0 radical (unpaired) electrons. The highest BCUT2D eigenvalue weighted by atomic mass is 19.1. The number of anilines is 2. The highest BCUT2D eigenvalue weighted by Crippen LogP contribution is 2.23. The molecule has 0 saturated heterocycles. The van der Waals surface area contributed by atoms with Gasteiger partial charge in [-0.15, -0.1) is 0 Å². The van der Waals surface area contributed by atoms with Crippen LogP contribution in [0.15, 0.2) is 36.4 Å². The van der Waals surface area contributed by atoms with E-state index in [-0.39, 0.29) is 30.1 Å². The van der Waals surface area contributed by atoms with Crippen molar-refractivity contribution < 1.29 is 28.2 Å². The smallest absolute Gasteiger partial charge is 0.323 e. The van der Waals surface area contributed by atoms with E-state index in [4.69, 9.17) is 9.84 Å². The summed E-state index contributed by atoms with van der Waals surface area (Å²) in [6.45, 7) is -0.199. The van der Waals surface area contributed by atoms with Crippen LogP contribution in [0.3, 0.4) is 0 Å². The number of hydrogen-bond donors (Lipinski definition) is 4. The Morgan fingerprint density at radius 2 is 1.77 bits per heavy atom. The van der Waals surface area contributed by atoms with Gasteiger partial charge < -0.3 is 25.8 Å². The molecule has 0 unspecified atom stereocenters. The summed E-state index contributed by atoms with van der Waals surface area (Å²) in [5.41, 5.74) is 0.156. The number of rotatable bonds is 6. The van der Waals surface area contributed by atoms with Crippen LogP contribution in [0.5, 0.6) is 5.75 Å². The monoisotopic (exact) mass is 365 g/mol. The van der Waals surface area contributed by atoms with Crippen molar-refractivity contribution in [3.63, 3.8) is 0 Å². The molecule has 3 amide bonds. The molecule has 0 saturated carbocycles. The Morgan fingerprint density at radius 3 is 2.38 bits per heavy atom. The minimum atomic E-state index is -0.842. The summed E-state index contributed by atoms with van der Waals surface area (Å²) < 4.78 is 31.4. The topological polar surface area (TPSA) is 99.7 Å². The summed E-state index contributed by atoms with van der Waals surface area (Å²) in [4.78, 5) is 24.2. The molecule has 4 N–H and O–H groups in total. The molecule has 2 aromatic carbocycles. The van der Waals surface area contributed by atoms with E-state index in [0.29, 0.717) is 11.8 Å². The molecule has 0 aliphatic heterocycles. The Bertz CT molecular complexity index is 794. The fourth-order valence-electron chi connectivity index (χ4n) is 2.13. The summed E-state index contributed by atoms with van der Waals surface area (Å²) >= 11 is 0. The van der Waals surface area contributed by atoms with Crippen LogP contribution in [0.25, 0.3) is 0 Å². The van der Waals surface area contributed by atoms with Gasteiger partial charge in [-0.2, -0.15) is 0 Å². The zero-order valence-electron chi connectivity index (χ0n) is 13.8. The van der Waals surface area contributed by atoms with Gasteiger partial charge in [0.2, 0.25) is 0 Å². The van der Waals surface area contributed by atoms with Gasteiger partial charge in [-0.05, 0) is 24.3 Å². The van der Waals surface area contributed by atoms with Crippen molar-refractivity contribution in [2.75, 3.05) is 30.9 Å². The lowest BCUT2D eigenvalue weighted by atomic mass is 10.1. The van der Waals surface area contributed by atoms with Gasteiger partial charge in [-0.1, -0.05) is 0 Å². The molecule has 138 valence electrons. The van der Waals surface area contributed by atoms with E-state index in [0.717, 1.165) is 12.1 Å². The van der Waals surface area contributed by atoms with Gasteiger partial charge in [0.25, 0.3) is 5.91 Å². The number of aliphatic hydroxyl groups excluding tert-OH is 1. The van der Waals surface area contributed by atoms with Crippen molar-refractivity contribution in [3.8, 4) is 5.75 Å². The molecule has 2 rings (SSSR count). The first kappa shape index (κ1) is 19.1. The molecule has 0 atom stereocenters. The van der Waals surface area contributed by atoms with E-state index in [1.165, 1.54) is 25.3 Å². The molecule has 26 heavy (non-hydrogen) atoms. The van der Waals surface area contributed by atoms with E-state index in [9.17, 15) is 18.4 Å². The third kappa shape index (κ3) is 5.15. The molecule has 0 aromatic heterocycles. The number of nitrogens with one attached hydrogen (secondary N) is 3. The number of aliphatic hydroxyl groups is 1. The highest BCUT2D eigenvalue weighted by molar-refractivity contribution is 6.06. The van der Waals surface area contributed by atoms with Crippen LogP contribution in [-0.4, -0.2) is 37.3 Å². The summed E-state index contributed by atoms with van der Waals surface area (Å²) in [6.07, 6.45) is 0. The Balaban J connectivity index is 2.20. The van der Waals surface area contributed by atoms with Crippen LogP contribution < -0.4 is 20.7 Å². The number of urea groups is 1. The molecule has 7 nitrogen and oxygen atoms in total. The second-order valence-electron chi connectivity index (χ2n) is 5.13. The number of amides is 3. The maximum Gasteiger partial charge on any atom is 0.323 e. The van der Waals surface area contributed by atoms with Crippen LogP contribution in [-0.2, 0) is 0 Å². The fraction of sp³-hybridized carbons (Fsp3) is 0.176. The Hall–Kier alpha value is -3.20. The zero-order chi connectivity index (χ0) is 19.1. The third-order valence-electron chi connectivity index (χ3n) is 3.24. The highest BCUT2D eigenvalue weighted by Gasteiger charge is 2.15. The standard InChI is InChI=1S/C17H17F2N3O4/c1-26-13-2-3-14(16(24)20-4-5-23)15(9-13)22-17(25)21-12-7-10(18)6-11(19)8-12/h2-3,6-9,23H,4-5H2,1H3,(H,20,24)(H2,21,22,25). The molecule has 0 aliphatic carbocycles. The number of carbonyl (C=O) groups is 2. The number of carbonyl (C=O) groups excluding carboxylic acids is 2. The van der Waals surface area contributed by atoms with E-state index in [1.54, 1.807) is 0 Å². The predicted octanol–water partition coefficient (Wildman–Crippen LogP) is 2.34. The van der Waals surface area contributed by atoms with Gasteiger partial charge in [0, 0.05) is 24.4 Å². The van der Waals surface area contributed by atoms with Crippen molar-refractivity contribution >= 4 is 23.3 Å². The number of halogens is 2. The summed E-state index contributed by atoms with van der Waals surface area (Å²) in [5.74, 6) is -1.82. The lowest BCUT2D eigenvalue weighted by Gasteiger charge is -2.13. The van der Waals surface area contributed by atoms with Crippen LogP contribution in [0.2, 0.25) is 0 Å². The van der Waals surface area contributed by atoms with Crippen LogP contribution in [0.1, 0.15) is 10.4 Å². The molecular weight excluding hydrogens is 348 g/mol. The first-order chi connectivity index (χ1) is 12.4. The molecule has 9 heteroatoms. The van der Waals surface area contributed by atoms with E-state index < -0.39 is 23.6 Å². The third-order valence-corrected chi connectivity index (χ3v) is 3.24. The first-order valence-electron chi connectivity index (χ1n) is 7.54. The van der Waals surface area contributed by atoms with E-state index in [1.807, 2.05) is 0 Å². The predicted molar refractivity (Wildman–Crippen MR) is 91.4 cm³/mol. The molecule has 0 heterocycles. The molecule has 0 spiro atoms. The second-order valence-corrected chi connectivity index (χ2v) is 5.13. The van der Waals surface area contributed by atoms with Gasteiger partial charge in [-0.3, -0.25) is 4.79 Å². The minimum Gasteiger partial charge on any atom is -0.497 e. The van der Waals surface area contributed by atoms with Crippen molar-refractivity contribution in [1.29, 1.82) is 0 Å². The first-order valence-corrected chi connectivity index (χ1v) is 7.54. The molecule has 0 fully saturated rings. The molecule has 0 bridgehead atoms. The molecule has 0 aliphatic rings. The lowest BCUT2D eigenvalue weighted by Crippen LogP contribution is -2.28. The van der Waals surface area contributed by atoms with Gasteiger partial charge in [-0.25, -0.2) is 13.6 Å². The number of methoxy groups -OCH3 is 1. The van der Waals surface area contributed by atoms with Gasteiger partial charge in [0.15, 0.2) is 0 Å². The SMILES string of the molecule is COc1ccc(C(=O)NCCO)c(NC(=O)Nc2cc(F)cc(F)c2)c1. The Kier molecular flexibility index (Phi) is 6.45. The van der Waals surface area contributed by atoms with Crippen LogP contribution in [0, 0.1) is 11.6 Å². The van der Waals surface area contributed by atoms with E-state index >= 15 is 0 Å². The zero-order valence-corrected chi connectivity index (χ0v) is 13.8. The van der Waals surface area contributed by atoms with Crippen LogP contribution >= 0.6 is 0 Å². The van der Waals surface area contributed by atoms with Crippen molar-refractivity contribution in [2.45, 2.75) is 0 Å². The van der Waals surface area contributed by atoms with Crippen LogP contribution in [0.4, 0.5) is 25.0 Å². The van der Waals surface area contributed by atoms with E-state index in [2.05, 4.69) is 16.0 Å². The van der Waals surface area contributed by atoms with Crippen molar-refractivity contribution in [3.05, 3.63) is 53.6 Å². The molecule has 2 aromatic rings. The Morgan fingerprint density at radius 1 is 1.08 bits per heavy atom. The minimum absolute atomic E-state index is 0.0407. The van der Waals surface area contributed by atoms with Gasteiger partial charge in [0.05, 0.1) is 25.0 Å². The Labute approximate surface area is 148 Å². The summed E-state index contributed by atoms with van der Waals surface area (Å²) in [7, 11) is 1.42. The maximum atomic E-state index is 13.2. The quantitative estimate of drug-likeness (QED) is 0.631. The number of benzene rings is 2. The number of hydrogen-bond acceptors (Lipinski definition) is 4. The summed E-state index contributed by atoms with van der Waals surface area (Å²) in [5, 5.41) is 16.0. The maximum absolute atomic E-state index is 13.2. The average molecular weight is 365 g/mol. The largest absolute Gasteiger partial charge is 0.497 e. The van der Waals surface area contributed by atoms with Crippen molar-refractivity contribution in [1.82, 2.24) is 5.32 Å². The second kappa shape index (κ2) is 8.77. The van der Waals surface area contributed by atoms with Gasteiger partial charge >= 0.3 is 6.03 Å².